The van der Waals surface area contributed by atoms with Crippen molar-refractivity contribution in [3.63, 3.8) is 0 Å². The molecule has 0 fully saturated rings. The first-order valence-electron chi connectivity index (χ1n) is 6.15. The van der Waals surface area contributed by atoms with E-state index in [1.54, 1.807) is 0 Å². The molecule has 0 aromatic carbocycles. The highest BCUT2D eigenvalue weighted by atomic mass is 19.1. The molecule has 1 aromatic heterocycles. The molecule has 1 N–H and O–H groups in total. The molecule has 0 aliphatic heterocycles. The number of hydrogen-bond donors (Lipinski definition) is 1. The molecule has 4 nitrogen and oxygen atoms in total. The zero-order valence-corrected chi connectivity index (χ0v) is 10.6. The Balaban J connectivity index is 2.46. The number of aromatic nitrogens is 1. The summed E-state index contributed by atoms with van der Waals surface area (Å²) >= 11 is 0. The smallest absolute Gasteiger partial charge is 0.182 e. The number of aliphatic hydroxyl groups is 1. The Morgan fingerprint density at radius 2 is 2.17 bits per heavy atom. The van der Waals surface area contributed by atoms with E-state index in [-0.39, 0.29) is 18.1 Å². The van der Waals surface area contributed by atoms with Crippen LogP contribution in [0, 0.1) is 5.82 Å². The maximum absolute atomic E-state index is 12.7. The first-order chi connectivity index (χ1) is 8.67. The van der Waals surface area contributed by atoms with Crippen molar-refractivity contribution in [1.82, 2.24) is 9.88 Å². The average Bonchev–Trinajstić information content (AvgIpc) is 2.37. The maximum Gasteiger partial charge on any atom is 0.182 e. The summed E-state index contributed by atoms with van der Waals surface area (Å²) < 4.78 is 12.7. The van der Waals surface area contributed by atoms with Gasteiger partial charge in [-0.3, -0.25) is 9.78 Å². The van der Waals surface area contributed by atoms with Crippen LogP contribution in [0.5, 0.6) is 0 Å². The highest BCUT2D eigenvalue weighted by Gasteiger charge is 2.10. The molecule has 5 heteroatoms. The molecule has 0 saturated heterocycles. The molecule has 1 aromatic rings. The highest BCUT2D eigenvalue weighted by molar-refractivity contribution is 5.94. The number of Topliss-reactive ketones (excluding diaryl/α,β-unsaturated/α-hetero) is 1. The Hall–Kier alpha value is -1.33. The Morgan fingerprint density at radius 1 is 1.39 bits per heavy atom. The van der Waals surface area contributed by atoms with Gasteiger partial charge in [0.2, 0.25) is 0 Å². The molecule has 1 heterocycles. The molecule has 0 aliphatic carbocycles. The molecule has 0 atom stereocenters. The van der Waals surface area contributed by atoms with Crippen molar-refractivity contribution in [3.05, 3.63) is 29.8 Å². The van der Waals surface area contributed by atoms with Crippen molar-refractivity contribution in [1.29, 1.82) is 0 Å². The predicted octanol–water partition coefficient (Wildman–Crippen LogP) is 1.50. The maximum atomic E-state index is 12.7. The van der Waals surface area contributed by atoms with Gasteiger partial charge >= 0.3 is 0 Å². The number of hydrogen-bond acceptors (Lipinski definition) is 4. The van der Waals surface area contributed by atoms with Crippen LogP contribution in [0.25, 0.3) is 0 Å². The normalized spacial score (nSPS) is 10.9. The van der Waals surface area contributed by atoms with Crippen LogP contribution in [0.15, 0.2) is 18.3 Å². The van der Waals surface area contributed by atoms with Crippen LogP contribution in [0.3, 0.4) is 0 Å². The van der Waals surface area contributed by atoms with E-state index in [2.05, 4.69) is 4.98 Å². The minimum atomic E-state index is -0.445. The van der Waals surface area contributed by atoms with E-state index < -0.39 is 5.82 Å². The molecule has 1 rings (SSSR count). The molecule has 0 saturated carbocycles. The summed E-state index contributed by atoms with van der Waals surface area (Å²) in [5.41, 5.74) is 0.289. The summed E-state index contributed by atoms with van der Waals surface area (Å²) in [6.45, 7) is 4.14. The average molecular weight is 254 g/mol. The molecule has 0 aliphatic rings. The SMILES string of the molecule is CCCN(CCO)CCC(=O)c1ccc(F)cn1. The van der Waals surface area contributed by atoms with Crippen LogP contribution in [-0.2, 0) is 0 Å². The van der Waals surface area contributed by atoms with Crippen LogP contribution in [0.1, 0.15) is 30.3 Å². The van der Waals surface area contributed by atoms with Gasteiger partial charge in [-0.25, -0.2) is 4.39 Å². The first kappa shape index (κ1) is 14.7. The summed E-state index contributed by atoms with van der Waals surface area (Å²) in [6, 6.07) is 2.63. The summed E-state index contributed by atoms with van der Waals surface area (Å²) in [7, 11) is 0. The van der Waals surface area contributed by atoms with Crippen molar-refractivity contribution in [2.45, 2.75) is 19.8 Å². The van der Waals surface area contributed by atoms with Crippen LogP contribution < -0.4 is 0 Å². The van der Waals surface area contributed by atoms with Gasteiger partial charge in [0, 0.05) is 19.5 Å². The molecule has 0 radical (unpaired) electrons. The highest BCUT2D eigenvalue weighted by Crippen LogP contribution is 2.03. The van der Waals surface area contributed by atoms with Gasteiger partial charge in [-0.1, -0.05) is 6.92 Å². The lowest BCUT2D eigenvalue weighted by Gasteiger charge is -2.19. The Bertz CT molecular complexity index is 362. The Morgan fingerprint density at radius 3 is 2.72 bits per heavy atom. The number of carbonyl (C=O) groups excluding carboxylic acids is 1. The fourth-order valence-corrected chi connectivity index (χ4v) is 1.72. The Kier molecular flexibility index (Phi) is 6.46. The van der Waals surface area contributed by atoms with Gasteiger partial charge < -0.3 is 10.0 Å². The molecule has 0 spiro atoms. The molecule has 0 bridgehead atoms. The first-order valence-corrected chi connectivity index (χ1v) is 6.15. The summed E-state index contributed by atoms with van der Waals surface area (Å²) in [6.07, 6.45) is 2.35. The quantitative estimate of drug-likeness (QED) is 0.714. The minimum Gasteiger partial charge on any atom is -0.395 e. The van der Waals surface area contributed by atoms with Crippen LogP contribution in [0.2, 0.25) is 0 Å². The lowest BCUT2D eigenvalue weighted by Crippen LogP contribution is -2.30. The third-order valence-corrected chi connectivity index (χ3v) is 2.62. The van der Waals surface area contributed by atoms with Crippen LogP contribution >= 0.6 is 0 Å². The topological polar surface area (TPSA) is 53.4 Å². The number of nitrogens with zero attached hydrogens (tertiary/aromatic N) is 2. The number of halogens is 1. The van der Waals surface area contributed by atoms with Crippen molar-refractivity contribution in [2.24, 2.45) is 0 Å². The number of aliphatic hydroxyl groups excluding tert-OH is 1. The molecule has 0 unspecified atom stereocenters. The van der Waals surface area contributed by atoms with E-state index in [4.69, 9.17) is 5.11 Å². The van der Waals surface area contributed by atoms with E-state index in [0.717, 1.165) is 19.2 Å². The zero-order chi connectivity index (χ0) is 13.4. The van der Waals surface area contributed by atoms with E-state index in [9.17, 15) is 9.18 Å². The van der Waals surface area contributed by atoms with Gasteiger partial charge in [-0.15, -0.1) is 0 Å². The van der Waals surface area contributed by atoms with Crippen molar-refractivity contribution in [2.75, 3.05) is 26.2 Å². The molecule has 0 amide bonds. The van der Waals surface area contributed by atoms with Crippen molar-refractivity contribution >= 4 is 5.78 Å². The number of ketones is 1. The lowest BCUT2D eigenvalue weighted by atomic mass is 10.2. The van der Waals surface area contributed by atoms with Gasteiger partial charge in [0.15, 0.2) is 5.78 Å². The lowest BCUT2D eigenvalue weighted by molar-refractivity contribution is 0.0952. The zero-order valence-electron chi connectivity index (χ0n) is 10.6. The molecule has 100 valence electrons. The standard InChI is InChI=1S/C13H19FN2O2/c1-2-6-16(8-9-17)7-5-13(18)12-4-3-11(14)10-15-12/h3-4,10,17H,2,5-9H2,1H3. The number of pyridine rings is 1. The van der Waals surface area contributed by atoms with Crippen LogP contribution in [0.4, 0.5) is 4.39 Å². The van der Waals surface area contributed by atoms with E-state index in [1.807, 2.05) is 11.8 Å². The largest absolute Gasteiger partial charge is 0.395 e. The van der Waals surface area contributed by atoms with E-state index in [0.29, 0.717) is 19.5 Å². The van der Waals surface area contributed by atoms with E-state index >= 15 is 0 Å². The van der Waals surface area contributed by atoms with Gasteiger partial charge in [-0.05, 0) is 25.1 Å². The van der Waals surface area contributed by atoms with Gasteiger partial charge in [-0.2, -0.15) is 0 Å². The molecular formula is C13H19FN2O2. The second kappa shape index (κ2) is 7.89. The molecule has 18 heavy (non-hydrogen) atoms. The van der Waals surface area contributed by atoms with Crippen molar-refractivity contribution in [3.8, 4) is 0 Å². The summed E-state index contributed by atoms with van der Waals surface area (Å²) in [4.78, 5) is 17.6. The number of carbonyl (C=O) groups is 1. The Labute approximate surface area is 106 Å². The van der Waals surface area contributed by atoms with Crippen LogP contribution in [-0.4, -0.2) is 47.0 Å². The van der Waals surface area contributed by atoms with Gasteiger partial charge in [0.1, 0.15) is 11.5 Å². The predicted molar refractivity (Wildman–Crippen MR) is 67.0 cm³/mol. The van der Waals surface area contributed by atoms with E-state index in [1.165, 1.54) is 12.1 Å². The third kappa shape index (κ3) is 4.89. The van der Waals surface area contributed by atoms with Gasteiger partial charge in [0.25, 0.3) is 0 Å². The molecular weight excluding hydrogens is 235 g/mol. The second-order valence-electron chi connectivity index (χ2n) is 4.10. The fraction of sp³-hybridized carbons (Fsp3) is 0.538. The van der Waals surface area contributed by atoms with Crippen molar-refractivity contribution < 1.29 is 14.3 Å². The summed E-state index contributed by atoms with van der Waals surface area (Å²) in [5.74, 6) is -0.548. The summed E-state index contributed by atoms with van der Waals surface area (Å²) in [5, 5.41) is 8.90. The second-order valence-corrected chi connectivity index (χ2v) is 4.10. The van der Waals surface area contributed by atoms with Gasteiger partial charge in [0.05, 0.1) is 12.8 Å². The number of rotatable bonds is 8. The minimum absolute atomic E-state index is 0.0863. The monoisotopic (exact) mass is 254 g/mol. The fourth-order valence-electron chi connectivity index (χ4n) is 1.72. The third-order valence-electron chi connectivity index (χ3n) is 2.62.